The summed E-state index contributed by atoms with van der Waals surface area (Å²) in [6.07, 6.45) is 3.52. The molecule has 0 amide bonds. The lowest BCUT2D eigenvalue weighted by atomic mass is 9.78. The van der Waals surface area contributed by atoms with Gasteiger partial charge in [-0.15, -0.1) is 0 Å². The summed E-state index contributed by atoms with van der Waals surface area (Å²) in [4.78, 5) is 13.3. The highest BCUT2D eigenvalue weighted by molar-refractivity contribution is 5.88. The number of rotatable bonds is 1. The maximum absolute atomic E-state index is 11.1. The van der Waals surface area contributed by atoms with Gasteiger partial charge < -0.3 is 9.67 Å². The van der Waals surface area contributed by atoms with Crippen LogP contribution in [0, 0.1) is 16.0 Å². The predicted molar refractivity (Wildman–Crippen MR) is 85.2 cm³/mol. The maximum atomic E-state index is 11.1. The van der Waals surface area contributed by atoms with Crippen molar-refractivity contribution < 1.29 is 10.0 Å². The molecule has 1 aromatic heterocycles. The van der Waals surface area contributed by atoms with E-state index in [-0.39, 0.29) is 10.6 Å². The fourth-order valence-corrected chi connectivity index (χ4v) is 5.08. The Morgan fingerprint density at radius 3 is 3.00 bits per heavy atom. The largest absolute Gasteiger partial charge is 0.373 e. The van der Waals surface area contributed by atoms with Gasteiger partial charge in [-0.25, -0.2) is 0 Å². The van der Waals surface area contributed by atoms with Crippen molar-refractivity contribution in [3.05, 3.63) is 39.6 Å². The second-order valence-electron chi connectivity index (χ2n) is 7.04. The van der Waals surface area contributed by atoms with Crippen molar-refractivity contribution in [2.75, 3.05) is 13.1 Å². The number of benzene rings is 1. The Bertz CT molecular complexity index is 828. The Labute approximate surface area is 133 Å². The van der Waals surface area contributed by atoms with Gasteiger partial charge in [0.05, 0.1) is 16.5 Å². The first-order valence-electron chi connectivity index (χ1n) is 8.38. The van der Waals surface area contributed by atoms with Gasteiger partial charge in [-0.05, 0) is 49.8 Å². The number of nitro benzene ring substituents is 1. The van der Waals surface area contributed by atoms with E-state index in [4.69, 9.17) is 0 Å². The average molecular weight is 313 g/mol. The van der Waals surface area contributed by atoms with Gasteiger partial charge in [0.2, 0.25) is 0 Å². The van der Waals surface area contributed by atoms with Gasteiger partial charge in [0.1, 0.15) is 6.23 Å². The number of aromatic nitrogens is 1. The number of hydrogen-bond donors (Lipinski definition) is 1. The zero-order valence-corrected chi connectivity index (χ0v) is 12.8. The molecule has 23 heavy (non-hydrogen) atoms. The SMILES string of the molecule is O=[N+]([O-])c1ccc2c3c4n(c2c1)C(O)C[C@H]1CCCN(CC3)[C@@H]41. The average Bonchev–Trinajstić information content (AvgIpc) is 2.89. The molecule has 3 aliphatic rings. The molecule has 6 nitrogen and oxygen atoms in total. The molecule has 0 bridgehead atoms. The number of hydrogen-bond acceptors (Lipinski definition) is 4. The predicted octanol–water partition coefficient (Wildman–Crippen LogP) is 2.75. The summed E-state index contributed by atoms with van der Waals surface area (Å²) >= 11 is 0. The number of piperidine rings is 1. The highest BCUT2D eigenvalue weighted by Crippen LogP contribution is 2.51. The topological polar surface area (TPSA) is 71.5 Å². The third-order valence-corrected chi connectivity index (χ3v) is 5.95. The summed E-state index contributed by atoms with van der Waals surface area (Å²) in [5.41, 5.74) is 3.43. The van der Waals surface area contributed by atoms with E-state index in [9.17, 15) is 15.2 Å². The van der Waals surface area contributed by atoms with Crippen LogP contribution in [0.4, 0.5) is 5.69 Å². The summed E-state index contributed by atoms with van der Waals surface area (Å²) in [5, 5.41) is 22.9. The fraction of sp³-hybridized carbons (Fsp3) is 0.529. The van der Waals surface area contributed by atoms with E-state index in [0.717, 1.165) is 36.8 Å². The van der Waals surface area contributed by atoms with Crippen LogP contribution in [0.1, 0.15) is 42.8 Å². The smallest absolute Gasteiger partial charge is 0.271 e. The van der Waals surface area contributed by atoms with Crippen molar-refractivity contribution in [3.8, 4) is 0 Å². The molecule has 0 aliphatic carbocycles. The number of fused-ring (bicyclic) bond motifs is 3. The van der Waals surface area contributed by atoms with Crippen LogP contribution >= 0.6 is 0 Å². The van der Waals surface area contributed by atoms with E-state index in [0.29, 0.717) is 12.0 Å². The molecular weight excluding hydrogens is 294 g/mol. The molecule has 6 heteroatoms. The lowest BCUT2D eigenvalue weighted by Gasteiger charge is -2.48. The van der Waals surface area contributed by atoms with Crippen molar-refractivity contribution in [3.63, 3.8) is 0 Å². The number of nitrogens with zero attached hydrogens (tertiary/aromatic N) is 3. The Hall–Kier alpha value is -1.92. The molecule has 0 radical (unpaired) electrons. The Balaban J connectivity index is 1.81. The van der Waals surface area contributed by atoms with Crippen molar-refractivity contribution in [1.29, 1.82) is 0 Å². The normalized spacial score (nSPS) is 29.5. The molecule has 3 aliphatic heterocycles. The summed E-state index contributed by atoms with van der Waals surface area (Å²) in [5.74, 6) is 0.504. The Kier molecular flexibility index (Phi) is 2.67. The van der Waals surface area contributed by atoms with Crippen molar-refractivity contribution in [1.82, 2.24) is 9.47 Å². The minimum atomic E-state index is -0.567. The van der Waals surface area contributed by atoms with E-state index in [2.05, 4.69) is 4.90 Å². The fourth-order valence-electron chi connectivity index (χ4n) is 5.08. The van der Waals surface area contributed by atoms with Crippen molar-refractivity contribution in [2.45, 2.75) is 38.0 Å². The molecule has 1 fully saturated rings. The highest BCUT2D eigenvalue weighted by atomic mass is 16.6. The maximum Gasteiger partial charge on any atom is 0.271 e. The van der Waals surface area contributed by atoms with Gasteiger partial charge in [0, 0.05) is 29.8 Å². The molecule has 0 saturated carbocycles. The van der Waals surface area contributed by atoms with E-state index >= 15 is 0 Å². The molecule has 1 N–H and O–H groups in total. The third-order valence-electron chi connectivity index (χ3n) is 5.95. The molecule has 120 valence electrons. The quantitative estimate of drug-likeness (QED) is 0.649. The minimum absolute atomic E-state index is 0.0958. The van der Waals surface area contributed by atoms with Crippen LogP contribution in [-0.4, -0.2) is 32.6 Å². The van der Waals surface area contributed by atoms with Crippen LogP contribution in [0.2, 0.25) is 0 Å². The standard InChI is InChI=1S/C17H19N3O3/c21-15-8-10-2-1-6-18-7-5-13-12-4-3-11(20(22)23)9-14(12)19(15)17(13)16(10)18/h3-4,9-10,15-16,21H,1-2,5-8H2/t10-,15?,16-/m1/s1. The van der Waals surface area contributed by atoms with E-state index in [1.54, 1.807) is 12.1 Å². The minimum Gasteiger partial charge on any atom is -0.373 e. The monoisotopic (exact) mass is 313 g/mol. The van der Waals surface area contributed by atoms with Crippen LogP contribution in [-0.2, 0) is 6.42 Å². The molecule has 4 heterocycles. The highest BCUT2D eigenvalue weighted by Gasteiger charge is 2.44. The van der Waals surface area contributed by atoms with E-state index in [1.807, 2.05) is 10.6 Å². The zero-order chi connectivity index (χ0) is 15.7. The Morgan fingerprint density at radius 2 is 2.17 bits per heavy atom. The van der Waals surface area contributed by atoms with Gasteiger partial charge in [-0.3, -0.25) is 15.0 Å². The molecule has 3 atom stereocenters. The van der Waals surface area contributed by atoms with Crippen LogP contribution in [0.3, 0.4) is 0 Å². The molecule has 1 saturated heterocycles. The first-order chi connectivity index (χ1) is 11.1. The Morgan fingerprint density at radius 1 is 1.30 bits per heavy atom. The molecule has 5 rings (SSSR count). The molecule has 2 aromatic rings. The number of non-ortho nitro benzene ring substituents is 1. The third kappa shape index (κ3) is 1.70. The first-order valence-corrected chi connectivity index (χ1v) is 8.38. The van der Waals surface area contributed by atoms with Crippen LogP contribution in [0.5, 0.6) is 0 Å². The summed E-state index contributed by atoms with van der Waals surface area (Å²) in [7, 11) is 0. The zero-order valence-electron chi connectivity index (χ0n) is 12.8. The second-order valence-corrected chi connectivity index (χ2v) is 7.04. The number of aliphatic hydroxyl groups is 1. The molecule has 1 unspecified atom stereocenters. The van der Waals surface area contributed by atoms with Gasteiger partial charge >= 0.3 is 0 Å². The van der Waals surface area contributed by atoms with Gasteiger partial charge in [-0.1, -0.05) is 0 Å². The van der Waals surface area contributed by atoms with Crippen molar-refractivity contribution in [2.24, 2.45) is 5.92 Å². The summed E-state index contributed by atoms with van der Waals surface area (Å²) in [6.45, 7) is 2.18. The summed E-state index contributed by atoms with van der Waals surface area (Å²) in [6, 6.07) is 5.46. The van der Waals surface area contributed by atoms with Gasteiger partial charge in [0.25, 0.3) is 5.69 Å². The lowest BCUT2D eigenvalue weighted by molar-refractivity contribution is -0.384. The first kappa shape index (κ1) is 13.5. The van der Waals surface area contributed by atoms with Crippen molar-refractivity contribution >= 4 is 16.6 Å². The lowest BCUT2D eigenvalue weighted by Crippen LogP contribution is -2.47. The number of nitro groups is 1. The van der Waals surface area contributed by atoms with Crippen LogP contribution < -0.4 is 0 Å². The summed E-state index contributed by atoms with van der Waals surface area (Å²) < 4.78 is 1.98. The van der Waals surface area contributed by atoms with Crippen LogP contribution in [0.15, 0.2) is 18.2 Å². The van der Waals surface area contributed by atoms with E-state index < -0.39 is 6.23 Å². The molecular formula is C17H19N3O3. The van der Waals surface area contributed by atoms with E-state index in [1.165, 1.54) is 24.1 Å². The van der Waals surface area contributed by atoms with Crippen LogP contribution in [0.25, 0.3) is 10.9 Å². The van der Waals surface area contributed by atoms with Gasteiger partial charge in [0.15, 0.2) is 0 Å². The number of aliphatic hydroxyl groups excluding tert-OH is 1. The molecule has 1 aromatic carbocycles. The van der Waals surface area contributed by atoms with Gasteiger partial charge in [-0.2, -0.15) is 0 Å². The second kappa shape index (κ2) is 4.55. The molecule has 0 spiro atoms.